The van der Waals surface area contributed by atoms with Crippen molar-refractivity contribution < 1.29 is 4.42 Å². The summed E-state index contributed by atoms with van der Waals surface area (Å²) in [6.45, 7) is 0. The second-order valence-electron chi connectivity index (χ2n) is 3.69. The molecular weight excluding hydrogens is 212 g/mol. The van der Waals surface area contributed by atoms with Crippen LogP contribution in [0.2, 0.25) is 0 Å². The lowest BCUT2D eigenvalue weighted by Gasteiger charge is -2.01. The van der Waals surface area contributed by atoms with Crippen molar-refractivity contribution in [2.75, 3.05) is 0 Å². The van der Waals surface area contributed by atoms with Gasteiger partial charge in [0.25, 0.3) is 0 Å². The van der Waals surface area contributed by atoms with E-state index in [-0.39, 0.29) is 5.43 Å². The summed E-state index contributed by atoms with van der Waals surface area (Å²) >= 11 is 0. The van der Waals surface area contributed by atoms with Crippen LogP contribution in [-0.2, 0) is 0 Å². The molecular formula is C15H8O2. The zero-order valence-corrected chi connectivity index (χ0v) is 8.94. The molecule has 2 heteroatoms. The van der Waals surface area contributed by atoms with Crippen LogP contribution < -0.4 is 5.43 Å². The second-order valence-corrected chi connectivity index (χ2v) is 3.69. The molecule has 2 nitrogen and oxygen atoms in total. The van der Waals surface area contributed by atoms with Gasteiger partial charge in [-0.1, -0.05) is 36.4 Å². The Morgan fingerprint density at radius 1 is 1.06 bits per heavy atom. The Bertz CT molecular complexity index is 712. The van der Waals surface area contributed by atoms with Crippen LogP contribution in [0.5, 0.6) is 0 Å². The zero-order valence-electron chi connectivity index (χ0n) is 8.94. The van der Waals surface area contributed by atoms with Crippen molar-refractivity contribution in [3.05, 3.63) is 70.9 Å². The molecule has 3 aromatic rings. The number of rotatable bonds is 1. The summed E-state index contributed by atoms with van der Waals surface area (Å²) in [6.07, 6.45) is 0. The van der Waals surface area contributed by atoms with Gasteiger partial charge in [0.05, 0.1) is 5.39 Å². The smallest absolute Gasteiger partial charge is 0.193 e. The normalized spacial score (nSPS) is 10.6. The molecule has 0 saturated heterocycles. The van der Waals surface area contributed by atoms with Crippen molar-refractivity contribution in [1.29, 1.82) is 0 Å². The van der Waals surface area contributed by atoms with E-state index in [2.05, 4.69) is 12.1 Å². The SMILES string of the molecule is O=c1cc(-c2ccccc2)oc2[c][c]ccc12. The largest absolute Gasteiger partial charge is 0.455 e. The van der Waals surface area contributed by atoms with Gasteiger partial charge in [-0.15, -0.1) is 0 Å². The minimum atomic E-state index is -0.0599. The van der Waals surface area contributed by atoms with E-state index in [1.165, 1.54) is 6.07 Å². The van der Waals surface area contributed by atoms with E-state index in [1.54, 1.807) is 12.1 Å². The predicted molar refractivity (Wildman–Crippen MR) is 65.6 cm³/mol. The maximum Gasteiger partial charge on any atom is 0.193 e. The highest BCUT2D eigenvalue weighted by Gasteiger charge is 2.05. The number of benzene rings is 2. The molecule has 0 aliphatic carbocycles. The summed E-state index contributed by atoms with van der Waals surface area (Å²) in [5.74, 6) is 0.555. The summed E-state index contributed by atoms with van der Waals surface area (Å²) < 4.78 is 5.64. The van der Waals surface area contributed by atoms with E-state index in [4.69, 9.17) is 4.42 Å². The molecule has 17 heavy (non-hydrogen) atoms. The minimum absolute atomic E-state index is 0.0599. The van der Waals surface area contributed by atoms with Gasteiger partial charge in [-0.2, -0.15) is 0 Å². The molecule has 0 aliphatic rings. The summed E-state index contributed by atoms with van der Waals surface area (Å²) in [5, 5.41) is 0.531. The maximum absolute atomic E-state index is 11.9. The topological polar surface area (TPSA) is 30.2 Å². The third-order valence-electron chi connectivity index (χ3n) is 2.56. The zero-order chi connectivity index (χ0) is 11.7. The monoisotopic (exact) mass is 220 g/mol. The summed E-state index contributed by atoms with van der Waals surface area (Å²) in [6, 6.07) is 20.0. The van der Waals surface area contributed by atoms with Crippen molar-refractivity contribution in [1.82, 2.24) is 0 Å². The van der Waals surface area contributed by atoms with Crippen molar-refractivity contribution in [2.24, 2.45) is 0 Å². The van der Waals surface area contributed by atoms with Gasteiger partial charge in [0.2, 0.25) is 0 Å². The number of hydrogen-bond donors (Lipinski definition) is 0. The second kappa shape index (κ2) is 3.91. The molecule has 0 atom stereocenters. The van der Waals surface area contributed by atoms with Crippen molar-refractivity contribution >= 4 is 11.0 Å². The van der Waals surface area contributed by atoms with Crippen LogP contribution in [0.25, 0.3) is 22.3 Å². The van der Waals surface area contributed by atoms with Gasteiger partial charge in [0.15, 0.2) is 5.43 Å². The van der Waals surface area contributed by atoms with Gasteiger partial charge in [0, 0.05) is 17.7 Å². The van der Waals surface area contributed by atoms with Gasteiger partial charge in [0.1, 0.15) is 11.3 Å². The molecule has 1 heterocycles. The minimum Gasteiger partial charge on any atom is -0.455 e. The van der Waals surface area contributed by atoms with Crippen LogP contribution in [0.3, 0.4) is 0 Å². The lowest BCUT2D eigenvalue weighted by atomic mass is 10.1. The Hall–Kier alpha value is -2.35. The average Bonchev–Trinajstić information content (AvgIpc) is 2.40. The highest BCUT2D eigenvalue weighted by molar-refractivity contribution is 5.77. The van der Waals surface area contributed by atoms with Crippen LogP contribution >= 0.6 is 0 Å². The summed E-state index contributed by atoms with van der Waals surface area (Å²) in [7, 11) is 0. The molecule has 0 spiro atoms. The fraction of sp³-hybridized carbons (Fsp3) is 0. The first kappa shape index (κ1) is 9.85. The third kappa shape index (κ3) is 1.74. The van der Waals surface area contributed by atoms with Crippen molar-refractivity contribution in [2.45, 2.75) is 0 Å². The van der Waals surface area contributed by atoms with Crippen molar-refractivity contribution in [3.8, 4) is 11.3 Å². The van der Waals surface area contributed by atoms with Crippen LogP contribution in [0.4, 0.5) is 0 Å². The maximum atomic E-state index is 11.9. The lowest BCUT2D eigenvalue weighted by molar-refractivity contribution is 0.618. The van der Waals surface area contributed by atoms with Gasteiger partial charge >= 0.3 is 0 Å². The van der Waals surface area contributed by atoms with E-state index in [9.17, 15) is 4.79 Å². The Balaban J connectivity index is 2.30. The summed E-state index contributed by atoms with van der Waals surface area (Å²) in [4.78, 5) is 11.9. The molecule has 2 radical (unpaired) electrons. The molecule has 0 amide bonds. The average molecular weight is 220 g/mol. The predicted octanol–water partition coefficient (Wildman–Crippen LogP) is 3.06. The van der Waals surface area contributed by atoms with Crippen LogP contribution in [0.1, 0.15) is 0 Å². The molecule has 0 N–H and O–H groups in total. The summed E-state index contributed by atoms with van der Waals surface area (Å²) in [5.41, 5.74) is 1.26. The van der Waals surface area contributed by atoms with Crippen molar-refractivity contribution in [3.63, 3.8) is 0 Å². The fourth-order valence-electron chi connectivity index (χ4n) is 1.73. The van der Waals surface area contributed by atoms with Crippen LogP contribution in [0.15, 0.2) is 57.7 Å². The quantitative estimate of drug-likeness (QED) is 0.631. The molecule has 0 bridgehead atoms. The first-order valence-corrected chi connectivity index (χ1v) is 5.26. The Kier molecular flexibility index (Phi) is 2.26. The van der Waals surface area contributed by atoms with Crippen LogP contribution in [-0.4, -0.2) is 0 Å². The van der Waals surface area contributed by atoms with E-state index >= 15 is 0 Å². The fourth-order valence-corrected chi connectivity index (χ4v) is 1.73. The Morgan fingerprint density at radius 2 is 1.88 bits per heavy atom. The third-order valence-corrected chi connectivity index (χ3v) is 2.56. The van der Waals surface area contributed by atoms with Gasteiger partial charge in [-0.05, 0) is 12.1 Å². The Labute approximate surface area is 98.1 Å². The molecule has 0 unspecified atom stereocenters. The van der Waals surface area contributed by atoms with Gasteiger partial charge < -0.3 is 4.42 Å². The number of fused-ring (bicyclic) bond motifs is 1. The Morgan fingerprint density at radius 3 is 2.71 bits per heavy atom. The molecule has 80 valence electrons. The lowest BCUT2D eigenvalue weighted by Crippen LogP contribution is -1.99. The first-order valence-electron chi connectivity index (χ1n) is 5.26. The van der Waals surface area contributed by atoms with E-state index in [0.29, 0.717) is 16.7 Å². The molecule has 1 aromatic heterocycles. The van der Waals surface area contributed by atoms with Gasteiger partial charge in [-0.25, -0.2) is 0 Å². The molecule has 0 aliphatic heterocycles. The number of hydrogen-bond acceptors (Lipinski definition) is 2. The van der Waals surface area contributed by atoms with Crippen LogP contribution in [0, 0.1) is 12.1 Å². The molecule has 2 aromatic carbocycles. The van der Waals surface area contributed by atoms with E-state index < -0.39 is 0 Å². The molecule has 0 saturated carbocycles. The molecule has 3 rings (SSSR count). The van der Waals surface area contributed by atoms with Gasteiger partial charge in [-0.3, -0.25) is 4.79 Å². The van der Waals surface area contributed by atoms with E-state index in [1.807, 2.05) is 30.3 Å². The highest BCUT2D eigenvalue weighted by Crippen LogP contribution is 2.20. The first-order chi connectivity index (χ1) is 8.34. The molecule has 0 fully saturated rings. The van der Waals surface area contributed by atoms with E-state index in [0.717, 1.165) is 5.56 Å². The standard InChI is InChI=1S/C15H8O2/c16-13-10-15(11-6-2-1-3-7-11)17-14-9-5-4-8-12(13)14/h1-4,6-8,10H. The highest BCUT2D eigenvalue weighted by atomic mass is 16.3.